The van der Waals surface area contributed by atoms with Crippen molar-refractivity contribution in [3.63, 3.8) is 0 Å². The van der Waals surface area contributed by atoms with Crippen LogP contribution in [0.2, 0.25) is 0 Å². The quantitative estimate of drug-likeness (QED) is 0.920. The minimum Gasteiger partial charge on any atom is -0.476 e. The molecule has 1 N–H and O–H groups in total. The van der Waals surface area contributed by atoms with E-state index in [1.54, 1.807) is 5.38 Å². The number of aromatic nitrogens is 1. The second-order valence-electron chi connectivity index (χ2n) is 4.09. The van der Waals surface area contributed by atoms with Gasteiger partial charge in [0.1, 0.15) is 0 Å². The number of hydrogen-bond donors (Lipinski definition) is 1. The highest BCUT2D eigenvalue weighted by atomic mass is 32.1. The molecule has 0 saturated heterocycles. The van der Waals surface area contributed by atoms with Gasteiger partial charge in [-0.05, 0) is 18.6 Å². The highest BCUT2D eigenvalue weighted by Gasteiger charge is 2.11. The number of anilines is 1. The maximum Gasteiger partial charge on any atom is 0.365 e. The Kier molecular flexibility index (Phi) is 3.62. The molecule has 2 rings (SSSR count). The molecule has 0 fully saturated rings. The molecule has 1 aromatic carbocycles. The zero-order valence-electron chi connectivity index (χ0n) is 10.3. The van der Waals surface area contributed by atoms with E-state index in [-0.39, 0.29) is 5.01 Å². The second-order valence-corrected chi connectivity index (χ2v) is 4.95. The van der Waals surface area contributed by atoms with Crippen molar-refractivity contribution in [1.29, 1.82) is 0 Å². The summed E-state index contributed by atoms with van der Waals surface area (Å²) in [6.45, 7) is 2.66. The van der Waals surface area contributed by atoms with Crippen molar-refractivity contribution in [3.8, 4) is 0 Å². The summed E-state index contributed by atoms with van der Waals surface area (Å²) in [5.74, 6) is -0.968. The highest BCUT2D eigenvalue weighted by molar-refractivity contribution is 7.11. The molecule has 1 aromatic heterocycles. The van der Waals surface area contributed by atoms with E-state index >= 15 is 0 Å². The first kappa shape index (κ1) is 12.6. The van der Waals surface area contributed by atoms with E-state index in [0.29, 0.717) is 6.54 Å². The molecule has 0 saturated carbocycles. The third-order valence-corrected chi connectivity index (χ3v) is 3.54. The lowest BCUT2D eigenvalue weighted by atomic mass is 10.2. The van der Waals surface area contributed by atoms with Gasteiger partial charge in [-0.25, -0.2) is 9.78 Å². The summed E-state index contributed by atoms with van der Waals surface area (Å²) in [6, 6.07) is 8.08. The maximum absolute atomic E-state index is 10.8. The molecule has 0 bridgehead atoms. The highest BCUT2D eigenvalue weighted by Crippen LogP contribution is 2.20. The Labute approximate surface area is 110 Å². The van der Waals surface area contributed by atoms with Crippen molar-refractivity contribution in [3.05, 3.63) is 45.9 Å². The van der Waals surface area contributed by atoms with Crippen LogP contribution in [0.25, 0.3) is 0 Å². The van der Waals surface area contributed by atoms with Crippen molar-refractivity contribution in [2.45, 2.75) is 13.5 Å². The van der Waals surface area contributed by atoms with Crippen molar-refractivity contribution < 1.29 is 9.90 Å². The number of carboxylic acids is 1. The molecule has 1 heterocycles. The number of benzene rings is 1. The molecular weight excluding hydrogens is 248 g/mol. The van der Waals surface area contributed by atoms with E-state index in [1.165, 1.54) is 5.56 Å². The summed E-state index contributed by atoms with van der Waals surface area (Å²) in [7, 11) is 1.97. The van der Waals surface area contributed by atoms with E-state index in [1.807, 2.05) is 25.2 Å². The van der Waals surface area contributed by atoms with Gasteiger partial charge in [0.2, 0.25) is 5.01 Å². The van der Waals surface area contributed by atoms with Crippen molar-refractivity contribution >= 4 is 23.0 Å². The topological polar surface area (TPSA) is 53.4 Å². The number of aryl methyl sites for hydroxylation is 1. The Balaban J connectivity index is 2.13. The Morgan fingerprint density at radius 3 is 2.78 bits per heavy atom. The van der Waals surface area contributed by atoms with Gasteiger partial charge in [-0.1, -0.05) is 18.2 Å². The summed E-state index contributed by atoms with van der Waals surface area (Å²) in [4.78, 5) is 16.9. The van der Waals surface area contributed by atoms with E-state index < -0.39 is 5.97 Å². The molecule has 0 amide bonds. The fraction of sp³-hybridized carbons (Fsp3) is 0.231. The lowest BCUT2D eigenvalue weighted by molar-refractivity contribution is 0.0696. The van der Waals surface area contributed by atoms with Gasteiger partial charge >= 0.3 is 5.97 Å². The molecule has 0 spiro atoms. The molecule has 0 aliphatic heterocycles. The van der Waals surface area contributed by atoms with Crippen LogP contribution in [0, 0.1) is 6.92 Å². The fourth-order valence-electron chi connectivity index (χ4n) is 1.80. The molecule has 0 unspecified atom stereocenters. The Morgan fingerprint density at radius 1 is 1.44 bits per heavy atom. The van der Waals surface area contributed by atoms with Crippen LogP contribution in [0.5, 0.6) is 0 Å². The van der Waals surface area contributed by atoms with Gasteiger partial charge in [0, 0.05) is 18.1 Å². The Hall–Kier alpha value is -1.88. The van der Waals surface area contributed by atoms with E-state index in [2.05, 4.69) is 22.9 Å². The van der Waals surface area contributed by atoms with Gasteiger partial charge < -0.3 is 10.0 Å². The summed E-state index contributed by atoms with van der Waals surface area (Å²) >= 11 is 1.16. The SMILES string of the molecule is Cc1ccccc1N(C)Cc1csc(C(=O)O)n1. The molecule has 0 aliphatic carbocycles. The zero-order valence-corrected chi connectivity index (χ0v) is 11.1. The van der Waals surface area contributed by atoms with Gasteiger partial charge in [0.25, 0.3) is 0 Å². The first-order chi connectivity index (χ1) is 8.58. The standard InChI is InChI=1S/C13H14N2O2S/c1-9-5-3-4-6-11(9)15(2)7-10-8-18-12(14-10)13(16)17/h3-6,8H,7H2,1-2H3,(H,16,17). The predicted molar refractivity (Wildman–Crippen MR) is 72.4 cm³/mol. The third-order valence-electron chi connectivity index (χ3n) is 2.66. The molecule has 94 valence electrons. The smallest absolute Gasteiger partial charge is 0.365 e. The first-order valence-electron chi connectivity index (χ1n) is 5.52. The van der Waals surface area contributed by atoms with Crippen molar-refractivity contribution in [1.82, 2.24) is 4.98 Å². The number of carboxylic acid groups (broad SMARTS) is 1. The van der Waals surface area contributed by atoms with Crippen LogP contribution in [-0.4, -0.2) is 23.1 Å². The Bertz CT molecular complexity index is 566. The lowest BCUT2D eigenvalue weighted by Gasteiger charge is -2.20. The molecule has 0 atom stereocenters. The summed E-state index contributed by atoms with van der Waals surface area (Å²) < 4.78 is 0. The minimum absolute atomic E-state index is 0.142. The van der Waals surface area contributed by atoms with Crippen molar-refractivity contribution in [2.24, 2.45) is 0 Å². The van der Waals surface area contributed by atoms with Gasteiger partial charge in [0.05, 0.1) is 12.2 Å². The van der Waals surface area contributed by atoms with Crippen LogP contribution in [0.15, 0.2) is 29.6 Å². The lowest BCUT2D eigenvalue weighted by Crippen LogP contribution is -2.17. The number of nitrogens with zero attached hydrogens (tertiary/aromatic N) is 2. The first-order valence-corrected chi connectivity index (χ1v) is 6.40. The summed E-state index contributed by atoms with van der Waals surface area (Å²) in [6.07, 6.45) is 0. The number of carbonyl (C=O) groups is 1. The van der Waals surface area contributed by atoms with Crippen LogP contribution in [0.1, 0.15) is 21.1 Å². The number of hydrogen-bond acceptors (Lipinski definition) is 4. The molecule has 0 aliphatic rings. The monoisotopic (exact) mass is 262 g/mol. The van der Waals surface area contributed by atoms with E-state index in [4.69, 9.17) is 5.11 Å². The number of para-hydroxylation sites is 1. The minimum atomic E-state index is -0.968. The summed E-state index contributed by atoms with van der Waals surface area (Å²) in [5.41, 5.74) is 3.10. The predicted octanol–water partition coefficient (Wildman–Crippen LogP) is 2.79. The van der Waals surface area contributed by atoms with E-state index in [0.717, 1.165) is 22.7 Å². The fourth-order valence-corrected chi connectivity index (χ4v) is 2.44. The Morgan fingerprint density at radius 2 is 2.17 bits per heavy atom. The van der Waals surface area contributed by atoms with Gasteiger partial charge in [-0.3, -0.25) is 0 Å². The van der Waals surface area contributed by atoms with Crippen molar-refractivity contribution in [2.75, 3.05) is 11.9 Å². The molecule has 0 radical (unpaired) electrons. The normalized spacial score (nSPS) is 10.3. The number of rotatable bonds is 4. The van der Waals surface area contributed by atoms with Gasteiger partial charge in [0.15, 0.2) is 0 Å². The van der Waals surface area contributed by atoms with Crippen LogP contribution in [0.4, 0.5) is 5.69 Å². The molecule has 2 aromatic rings. The van der Waals surface area contributed by atoms with Crippen LogP contribution < -0.4 is 4.90 Å². The maximum atomic E-state index is 10.8. The van der Waals surface area contributed by atoms with Crippen LogP contribution >= 0.6 is 11.3 Å². The molecule has 5 heteroatoms. The zero-order chi connectivity index (χ0) is 13.1. The number of thiazole rings is 1. The van der Waals surface area contributed by atoms with Gasteiger partial charge in [-0.15, -0.1) is 11.3 Å². The van der Waals surface area contributed by atoms with Gasteiger partial charge in [-0.2, -0.15) is 0 Å². The molecule has 4 nitrogen and oxygen atoms in total. The van der Waals surface area contributed by atoms with Crippen LogP contribution in [-0.2, 0) is 6.54 Å². The largest absolute Gasteiger partial charge is 0.476 e. The molecular formula is C13H14N2O2S. The average molecular weight is 262 g/mol. The third kappa shape index (κ3) is 2.68. The van der Waals surface area contributed by atoms with E-state index in [9.17, 15) is 4.79 Å². The number of aromatic carboxylic acids is 1. The summed E-state index contributed by atoms with van der Waals surface area (Å²) in [5, 5.41) is 10.8. The molecule has 18 heavy (non-hydrogen) atoms. The van der Waals surface area contributed by atoms with Crippen LogP contribution in [0.3, 0.4) is 0 Å². The second kappa shape index (κ2) is 5.18. The average Bonchev–Trinajstić information content (AvgIpc) is 2.78.